The minimum Gasteiger partial charge on any atom is -0.305 e. The summed E-state index contributed by atoms with van der Waals surface area (Å²) >= 11 is 1.45. The fourth-order valence-corrected chi connectivity index (χ4v) is 3.75. The summed E-state index contributed by atoms with van der Waals surface area (Å²) in [6.07, 6.45) is 1.66. The Kier molecular flexibility index (Phi) is 3.46. The lowest BCUT2D eigenvalue weighted by Crippen LogP contribution is -2.09. The van der Waals surface area contributed by atoms with Crippen molar-refractivity contribution < 1.29 is 4.39 Å². The van der Waals surface area contributed by atoms with E-state index in [1.807, 2.05) is 19.1 Å². The quantitative estimate of drug-likeness (QED) is 0.597. The third-order valence-electron chi connectivity index (χ3n) is 3.78. The van der Waals surface area contributed by atoms with Gasteiger partial charge in [0.25, 0.3) is 5.56 Å². The first kappa shape index (κ1) is 14.7. The molecular formula is C18H12FN3OS. The van der Waals surface area contributed by atoms with Crippen LogP contribution in [0.4, 0.5) is 4.39 Å². The summed E-state index contributed by atoms with van der Waals surface area (Å²) in [6.45, 7) is 1.94. The SMILES string of the molecule is Cc1sc2nc(-c3ccccn3)[nH]c(=O)c2c1-c1ccc(F)cc1. The van der Waals surface area contributed by atoms with Crippen molar-refractivity contribution in [2.75, 3.05) is 0 Å². The van der Waals surface area contributed by atoms with Crippen molar-refractivity contribution in [3.05, 3.63) is 69.7 Å². The Labute approximate surface area is 140 Å². The average molecular weight is 337 g/mol. The van der Waals surface area contributed by atoms with Gasteiger partial charge in [-0.3, -0.25) is 9.78 Å². The number of hydrogen-bond acceptors (Lipinski definition) is 4. The van der Waals surface area contributed by atoms with E-state index in [-0.39, 0.29) is 11.4 Å². The van der Waals surface area contributed by atoms with Crippen molar-refractivity contribution in [1.29, 1.82) is 0 Å². The van der Waals surface area contributed by atoms with Crippen molar-refractivity contribution >= 4 is 21.6 Å². The predicted molar refractivity (Wildman–Crippen MR) is 93.6 cm³/mol. The van der Waals surface area contributed by atoms with Crippen LogP contribution in [0.2, 0.25) is 0 Å². The normalized spacial score (nSPS) is 11.1. The Hall–Kier alpha value is -2.86. The first-order chi connectivity index (χ1) is 11.6. The van der Waals surface area contributed by atoms with Crippen LogP contribution in [0.5, 0.6) is 0 Å². The van der Waals surface area contributed by atoms with Crippen molar-refractivity contribution in [2.24, 2.45) is 0 Å². The number of halogens is 1. The summed E-state index contributed by atoms with van der Waals surface area (Å²) in [6, 6.07) is 11.6. The zero-order valence-electron chi connectivity index (χ0n) is 12.7. The zero-order valence-corrected chi connectivity index (χ0v) is 13.5. The molecule has 0 saturated carbocycles. The first-order valence-corrected chi connectivity index (χ1v) is 8.16. The Bertz CT molecular complexity index is 1090. The van der Waals surface area contributed by atoms with Crippen molar-refractivity contribution in [2.45, 2.75) is 6.92 Å². The minimum absolute atomic E-state index is 0.218. The molecule has 0 aliphatic carbocycles. The molecule has 0 spiro atoms. The number of aromatic nitrogens is 3. The molecule has 4 nitrogen and oxygen atoms in total. The molecule has 0 aliphatic heterocycles. The number of pyridine rings is 1. The Morgan fingerprint density at radius 2 is 1.92 bits per heavy atom. The minimum atomic E-state index is -0.305. The lowest BCUT2D eigenvalue weighted by molar-refractivity contribution is 0.628. The molecule has 0 unspecified atom stereocenters. The van der Waals surface area contributed by atoms with Crippen LogP contribution >= 0.6 is 11.3 Å². The topological polar surface area (TPSA) is 58.6 Å². The van der Waals surface area contributed by atoms with E-state index in [9.17, 15) is 9.18 Å². The molecule has 24 heavy (non-hydrogen) atoms. The Morgan fingerprint density at radius 3 is 2.62 bits per heavy atom. The highest BCUT2D eigenvalue weighted by molar-refractivity contribution is 7.19. The lowest BCUT2D eigenvalue weighted by Gasteiger charge is -2.03. The summed E-state index contributed by atoms with van der Waals surface area (Å²) in [5.41, 5.74) is 2.00. The number of rotatable bonds is 2. The molecule has 3 aromatic heterocycles. The second-order valence-corrected chi connectivity index (χ2v) is 6.55. The highest BCUT2D eigenvalue weighted by atomic mass is 32.1. The summed E-state index contributed by atoms with van der Waals surface area (Å²) in [4.78, 5) is 25.9. The maximum Gasteiger partial charge on any atom is 0.260 e. The number of aryl methyl sites for hydroxylation is 1. The summed E-state index contributed by atoms with van der Waals surface area (Å²) < 4.78 is 13.2. The highest BCUT2D eigenvalue weighted by Gasteiger charge is 2.17. The molecule has 4 rings (SSSR count). The van der Waals surface area contributed by atoms with Crippen molar-refractivity contribution in [1.82, 2.24) is 15.0 Å². The second kappa shape index (κ2) is 5.65. The third-order valence-corrected chi connectivity index (χ3v) is 4.78. The molecule has 0 amide bonds. The van der Waals surface area contributed by atoms with Gasteiger partial charge >= 0.3 is 0 Å². The Morgan fingerprint density at radius 1 is 1.12 bits per heavy atom. The van der Waals surface area contributed by atoms with Gasteiger partial charge < -0.3 is 4.98 Å². The van der Waals surface area contributed by atoms with E-state index >= 15 is 0 Å². The van der Waals surface area contributed by atoms with E-state index < -0.39 is 0 Å². The molecule has 0 aliphatic rings. The van der Waals surface area contributed by atoms with Gasteiger partial charge in [0, 0.05) is 16.6 Å². The van der Waals surface area contributed by atoms with Crippen LogP contribution in [0, 0.1) is 12.7 Å². The molecule has 0 fully saturated rings. The molecule has 0 saturated heterocycles. The van der Waals surface area contributed by atoms with E-state index in [4.69, 9.17) is 0 Å². The van der Waals surface area contributed by atoms with Gasteiger partial charge in [-0.2, -0.15) is 0 Å². The molecule has 0 bridgehead atoms. The number of H-pyrrole nitrogens is 1. The standard InChI is InChI=1S/C18H12FN3OS/c1-10-14(11-5-7-12(19)8-6-11)15-17(23)21-16(22-18(15)24-10)13-4-2-3-9-20-13/h2-9H,1H3,(H,21,22,23). The third kappa shape index (κ3) is 2.41. The summed E-state index contributed by atoms with van der Waals surface area (Å²) in [7, 11) is 0. The zero-order chi connectivity index (χ0) is 16.7. The largest absolute Gasteiger partial charge is 0.305 e. The molecule has 3 heterocycles. The van der Waals surface area contributed by atoms with E-state index in [0.29, 0.717) is 21.7 Å². The van der Waals surface area contributed by atoms with Crippen LogP contribution in [0.3, 0.4) is 0 Å². The van der Waals surface area contributed by atoms with Gasteiger partial charge in [-0.05, 0) is 36.8 Å². The van der Waals surface area contributed by atoms with E-state index in [1.54, 1.807) is 24.4 Å². The molecule has 4 aromatic rings. The number of nitrogens with zero attached hydrogens (tertiary/aromatic N) is 2. The van der Waals surface area contributed by atoms with Gasteiger partial charge in [0.2, 0.25) is 0 Å². The summed E-state index contributed by atoms with van der Waals surface area (Å²) in [5.74, 6) is 0.139. The fourth-order valence-electron chi connectivity index (χ4n) is 2.71. The number of thiophene rings is 1. The van der Waals surface area contributed by atoms with E-state index in [0.717, 1.165) is 16.0 Å². The number of nitrogens with one attached hydrogen (secondary N) is 1. The predicted octanol–water partition coefficient (Wildman–Crippen LogP) is 4.16. The molecule has 118 valence electrons. The van der Waals surface area contributed by atoms with Gasteiger partial charge in [0.1, 0.15) is 16.3 Å². The fraction of sp³-hybridized carbons (Fsp3) is 0.0556. The Balaban J connectivity index is 1.97. The second-order valence-electron chi connectivity index (χ2n) is 5.35. The van der Waals surface area contributed by atoms with Crippen LogP contribution in [0.25, 0.3) is 32.9 Å². The van der Waals surface area contributed by atoms with Crippen LogP contribution in [-0.4, -0.2) is 15.0 Å². The summed E-state index contributed by atoms with van der Waals surface area (Å²) in [5, 5.41) is 0.531. The van der Waals surface area contributed by atoms with Gasteiger partial charge in [0.05, 0.1) is 5.39 Å². The smallest absolute Gasteiger partial charge is 0.260 e. The number of hydrogen-bond donors (Lipinski definition) is 1. The lowest BCUT2D eigenvalue weighted by atomic mass is 10.0. The van der Waals surface area contributed by atoms with Crippen molar-refractivity contribution in [3.63, 3.8) is 0 Å². The van der Waals surface area contributed by atoms with Crippen LogP contribution < -0.4 is 5.56 Å². The van der Waals surface area contributed by atoms with E-state index in [1.165, 1.54) is 23.5 Å². The maximum absolute atomic E-state index is 13.2. The number of fused-ring (bicyclic) bond motifs is 1. The van der Waals surface area contributed by atoms with Gasteiger partial charge in [-0.15, -0.1) is 11.3 Å². The molecule has 1 N–H and O–H groups in total. The van der Waals surface area contributed by atoms with Gasteiger partial charge in [0.15, 0.2) is 5.82 Å². The van der Waals surface area contributed by atoms with Gasteiger partial charge in [-0.25, -0.2) is 9.37 Å². The first-order valence-electron chi connectivity index (χ1n) is 7.34. The molecule has 6 heteroatoms. The molecule has 0 atom stereocenters. The van der Waals surface area contributed by atoms with Crippen LogP contribution in [0.1, 0.15) is 4.88 Å². The highest BCUT2D eigenvalue weighted by Crippen LogP contribution is 2.35. The monoisotopic (exact) mass is 337 g/mol. The number of benzene rings is 1. The maximum atomic E-state index is 13.2. The average Bonchev–Trinajstić information content (AvgIpc) is 2.93. The van der Waals surface area contributed by atoms with Crippen LogP contribution in [0.15, 0.2) is 53.5 Å². The van der Waals surface area contributed by atoms with Gasteiger partial charge in [-0.1, -0.05) is 18.2 Å². The molecular weight excluding hydrogens is 325 g/mol. The van der Waals surface area contributed by atoms with E-state index in [2.05, 4.69) is 15.0 Å². The molecule has 1 aromatic carbocycles. The van der Waals surface area contributed by atoms with Crippen molar-refractivity contribution in [3.8, 4) is 22.6 Å². The number of aromatic amines is 1. The van der Waals surface area contributed by atoms with Crippen LogP contribution in [-0.2, 0) is 0 Å². The molecule has 0 radical (unpaired) electrons.